The summed E-state index contributed by atoms with van der Waals surface area (Å²) < 4.78 is 24.4. The number of furan rings is 1. The fourth-order valence-corrected chi connectivity index (χ4v) is 2.38. The molecule has 0 aliphatic heterocycles. The van der Waals surface area contributed by atoms with Crippen molar-refractivity contribution in [2.75, 3.05) is 6.61 Å². The number of benzene rings is 2. The summed E-state index contributed by atoms with van der Waals surface area (Å²) in [6.45, 7) is 1.97. The van der Waals surface area contributed by atoms with E-state index in [0.717, 1.165) is 11.0 Å². The zero-order valence-electron chi connectivity index (χ0n) is 12.4. The summed E-state index contributed by atoms with van der Waals surface area (Å²) in [7, 11) is 1.98. The molecule has 0 bridgehead atoms. The van der Waals surface area contributed by atoms with Gasteiger partial charge in [-0.05, 0) is 25.1 Å². The van der Waals surface area contributed by atoms with Crippen LogP contribution in [0.15, 0.2) is 46.9 Å². The van der Waals surface area contributed by atoms with Crippen molar-refractivity contribution in [1.29, 1.82) is 0 Å². The molecule has 0 aliphatic rings. The predicted molar refractivity (Wildman–Crippen MR) is 85.7 cm³/mol. The maximum Gasteiger partial charge on any atom is 0.342 e. The van der Waals surface area contributed by atoms with E-state index in [-0.39, 0.29) is 12.2 Å². The Kier molecular flexibility index (Phi) is 3.71. The molecule has 2 aromatic carbocycles. The molecular formula is C17H14BFO3. The number of hydrogen-bond acceptors (Lipinski definition) is 3. The Bertz CT molecular complexity index is 837. The average molecular weight is 296 g/mol. The first-order valence-electron chi connectivity index (χ1n) is 7.06. The summed E-state index contributed by atoms with van der Waals surface area (Å²) in [5.41, 5.74) is 2.58. The third-order valence-electron chi connectivity index (χ3n) is 3.44. The maximum atomic E-state index is 13.5. The minimum atomic E-state index is -0.512. The lowest BCUT2D eigenvalue weighted by molar-refractivity contribution is 0.0529. The number of esters is 1. The van der Waals surface area contributed by atoms with Gasteiger partial charge in [-0.25, -0.2) is 9.18 Å². The Morgan fingerprint density at radius 1 is 1.23 bits per heavy atom. The van der Waals surface area contributed by atoms with Gasteiger partial charge in [-0.3, -0.25) is 0 Å². The van der Waals surface area contributed by atoms with E-state index in [9.17, 15) is 9.18 Å². The molecule has 0 amide bonds. The molecule has 0 radical (unpaired) electrons. The number of halogens is 1. The first-order chi connectivity index (χ1) is 10.6. The lowest BCUT2D eigenvalue weighted by atomic mass is 9.94. The zero-order chi connectivity index (χ0) is 15.7. The molecule has 5 heteroatoms. The monoisotopic (exact) mass is 296 g/mol. The van der Waals surface area contributed by atoms with Crippen LogP contribution in [0.5, 0.6) is 0 Å². The fraction of sp³-hybridized carbons (Fsp3) is 0.118. The highest BCUT2D eigenvalue weighted by atomic mass is 19.1. The molecule has 110 valence electrons. The molecule has 0 atom stereocenters. The van der Waals surface area contributed by atoms with Crippen LogP contribution in [-0.2, 0) is 4.74 Å². The third kappa shape index (κ3) is 2.50. The van der Waals surface area contributed by atoms with Crippen LogP contribution in [0.3, 0.4) is 0 Å². The van der Waals surface area contributed by atoms with Crippen molar-refractivity contribution in [3.63, 3.8) is 0 Å². The summed E-state index contributed by atoms with van der Waals surface area (Å²) in [6.07, 6.45) is 0. The highest BCUT2D eigenvalue weighted by Gasteiger charge is 2.23. The topological polar surface area (TPSA) is 39.4 Å². The second kappa shape index (κ2) is 5.68. The van der Waals surface area contributed by atoms with Gasteiger partial charge in [-0.15, -0.1) is 0 Å². The molecule has 0 saturated heterocycles. The number of rotatable bonds is 3. The highest BCUT2D eigenvalue weighted by molar-refractivity contribution is 6.32. The van der Waals surface area contributed by atoms with Gasteiger partial charge < -0.3 is 9.15 Å². The third-order valence-corrected chi connectivity index (χ3v) is 3.44. The number of carbonyl (C=O) groups excluding carboxylic acids is 1. The van der Waals surface area contributed by atoms with Gasteiger partial charge in [0.15, 0.2) is 0 Å². The van der Waals surface area contributed by atoms with E-state index in [1.165, 1.54) is 18.2 Å². The molecule has 0 saturated carbocycles. The quantitative estimate of drug-likeness (QED) is 0.551. The van der Waals surface area contributed by atoms with E-state index in [4.69, 9.17) is 9.15 Å². The molecular weight excluding hydrogens is 282 g/mol. The van der Waals surface area contributed by atoms with Crippen LogP contribution < -0.4 is 5.46 Å². The van der Waals surface area contributed by atoms with Crippen LogP contribution >= 0.6 is 0 Å². The molecule has 0 unspecified atom stereocenters. The summed E-state index contributed by atoms with van der Waals surface area (Å²) >= 11 is 0. The van der Waals surface area contributed by atoms with Crippen molar-refractivity contribution in [3.05, 3.63) is 53.8 Å². The van der Waals surface area contributed by atoms with E-state index in [1.54, 1.807) is 6.92 Å². The second-order valence-corrected chi connectivity index (χ2v) is 5.03. The lowest BCUT2D eigenvalue weighted by Gasteiger charge is -2.04. The molecule has 3 aromatic rings. The fourth-order valence-electron chi connectivity index (χ4n) is 2.38. The Balaban J connectivity index is 2.26. The lowest BCUT2D eigenvalue weighted by Crippen LogP contribution is -2.06. The first-order valence-corrected chi connectivity index (χ1v) is 7.06. The Labute approximate surface area is 128 Å². The summed E-state index contributed by atoms with van der Waals surface area (Å²) in [5, 5.41) is 0.425. The normalized spacial score (nSPS) is 10.8. The van der Waals surface area contributed by atoms with Crippen LogP contribution in [0, 0.1) is 5.82 Å². The largest absolute Gasteiger partial charge is 0.462 e. The number of ether oxygens (including phenoxy) is 1. The summed E-state index contributed by atoms with van der Waals surface area (Å²) in [5.74, 6) is -0.532. The molecule has 0 fully saturated rings. The highest BCUT2D eigenvalue weighted by Crippen LogP contribution is 2.34. The minimum Gasteiger partial charge on any atom is -0.462 e. The van der Waals surface area contributed by atoms with Gasteiger partial charge in [0, 0.05) is 10.9 Å². The standard InChI is InChI=1S/C17H14BFO3/c1-2-21-17(20)15-13-9-12(19)7-8-14(13)22-16(15)10-3-5-11(18)6-4-10/h3-9H,2,18H2,1H3. The smallest absolute Gasteiger partial charge is 0.342 e. The van der Waals surface area contributed by atoms with Gasteiger partial charge in [0.05, 0.1) is 6.61 Å². The zero-order valence-corrected chi connectivity index (χ0v) is 12.4. The van der Waals surface area contributed by atoms with Crippen molar-refractivity contribution in [2.24, 2.45) is 0 Å². The first kappa shape index (κ1) is 14.4. The molecule has 0 N–H and O–H groups in total. The SMILES string of the molecule is Bc1ccc(-c2oc3ccc(F)cc3c2C(=O)OCC)cc1. The molecule has 0 aliphatic carbocycles. The van der Waals surface area contributed by atoms with Crippen molar-refractivity contribution in [3.8, 4) is 11.3 Å². The average Bonchev–Trinajstić information content (AvgIpc) is 2.86. The van der Waals surface area contributed by atoms with Crippen LogP contribution in [-0.4, -0.2) is 20.4 Å². The maximum absolute atomic E-state index is 13.5. The number of carbonyl (C=O) groups is 1. The Morgan fingerprint density at radius 3 is 2.64 bits per heavy atom. The van der Waals surface area contributed by atoms with E-state index < -0.39 is 11.8 Å². The van der Waals surface area contributed by atoms with Crippen LogP contribution in [0.4, 0.5) is 4.39 Å². The molecule has 1 aromatic heterocycles. The molecule has 0 spiro atoms. The second-order valence-electron chi connectivity index (χ2n) is 5.03. The van der Waals surface area contributed by atoms with Crippen molar-refractivity contribution >= 4 is 30.2 Å². The van der Waals surface area contributed by atoms with Crippen molar-refractivity contribution in [2.45, 2.75) is 6.92 Å². The van der Waals surface area contributed by atoms with Gasteiger partial charge in [0.2, 0.25) is 0 Å². The Hall–Kier alpha value is -2.56. The molecule has 3 rings (SSSR count). The van der Waals surface area contributed by atoms with Gasteiger partial charge >= 0.3 is 5.97 Å². The predicted octanol–water partition coefficient (Wildman–Crippen LogP) is 2.67. The summed E-state index contributed by atoms with van der Waals surface area (Å²) in [4.78, 5) is 12.3. The van der Waals surface area contributed by atoms with Crippen molar-refractivity contribution in [1.82, 2.24) is 0 Å². The van der Waals surface area contributed by atoms with E-state index in [1.807, 2.05) is 32.1 Å². The van der Waals surface area contributed by atoms with E-state index in [0.29, 0.717) is 16.7 Å². The van der Waals surface area contributed by atoms with Gasteiger partial charge in [0.1, 0.15) is 30.6 Å². The van der Waals surface area contributed by atoms with E-state index >= 15 is 0 Å². The van der Waals surface area contributed by atoms with Crippen LogP contribution in [0.25, 0.3) is 22.3 Å². The van der Waals surface area contributed by atoms with Crippen molar-refractivity contribution < 1.29 is 18.3 Å². The number of fused-ring (bicyclic) bond motifs is 1. The van der Waals surface area contributed by atoms with Crippen LogP contribution in [0.1, 0.15) is 17.3 Å². The summed E-state index contributed by atoms with van der Waals surface area (Å²) in [6, 6.07) is 11.7. The van der Waals surface area contributed by atoms with Crippen LogP contribution in [0.2, 0.25) is 0 Å². The number of hydrogen-bond donors (Lipinski definition) is 0. The van der Waals surface area contributed by atoms with Gasteiger partial charge in [0.25, 0.3) is 0 Å². The minimum absolute atomic E-state index is 0.244. The Morgan fingerprint density at radius 2 is 1.95 bits per heavy atom. The van der Waals surface area contributed by atoms with Gasteiger partial charge in [-0.2, -0.15) is 0 Å². The molecule has 3 nitrogen and oxygen atoms in total. The molecule has 1 heterocycles. The van der Waals surface area contributed by atoms with E-state index in [2.05, 4.69) is 0 Å². The molecule has 22 heavy (non-hydrogen) atoms. The van der Waals surface area contributed by atoms with Gasteiger partial charge in [-0.1, -0.05) is 29.7 Å².